The SMILES string of the molecule is CC(C)c1cc(C(C)C)c(B(c2ccc3ccc4c(COC5CCCCO5)ccc5ccc2c3c54)c2ccc3ccc4c(COC5CCCCO5)ccc5ccc2c3c54)c(C(C)C)c1. The third kappa shape index (κ3) is 7.24. The fourth-order valence-electron chi connectivity index (χ4n) is 11.4. The van der Waals surface area contributed by atoms with Gasteiger partial charge in [-0.25, -0.2) is 0 Å². The summed E-state index contributed by atoms with van der Waals surface area (Å²) < 4.78 is 24.9. The average Bonchev–Trinajstić information content (AvgIpc) is 3.32. The summed E-state index contributed by atoms with van der Waals surface area (Å²) in [5.41, 5.74) is 10.9. The van der Waals surface area contributed by atoms with E-state index in [1.165, 1.54) is 109 Å². The quantitative estimate of drug-likeness (QED) is 0.0907. The van der Waals surface area contributed by atoms with Crippen molar-refractivity contribution in [2.24, 2.45) is 0 Å². The summed E-state index contributed by atoms with van der Waals surface area (Å²) in [6.45, 7) is 16.9. The minimum absolute atomic E-state index is 0.0253. The van der Waals surface area contributed by atoms with Crippen LogP contribution in [0.15, 0.2) is 109 Å². The van der Waals surface area contributed by atoms with Crippen LogP contribution in [-0.4, -0.2) is 32.5 Å². The smallest absolute Gasteiger partial charge is 0.243 e. The van der Waals surface area contributed by atoms with Crippen LogP contribution in [0.3, 0.4) is 0 Å². The highest BCUT2D eigenvalue weighted by Crippen LogP contribution is 2.39. The van der Waals surface area contributed by atoms with E-state index in [-0.39, 0.29) is 19.3 Å². The second kappa shape index (κ2) is 17.1. The molecule has 2 aliphatic heterocycles. The molecular weight excluding hydrogens is 783 g/mol. The first-order valence-electron chi connectivity index (χ1n) is 24.3. The van der Waals surface area contributed by atoms with Crippen LogP contribution in [-0.2, 0) is 32.2 Å². The fraction of sp³-hybridized carbons (Fsp3) is 0.356. The molecule has 2 unspecified atom stereocenters. The van der Waals surface area contributed by atoms with Crippen LogP contribution in [0.1, 0.15) is 126 Å². The van der Waals surface area contributed by atoms with Crippen molar-refractivity contribution in [1.29, 1.82) is 0 Å². The first kappa shape index (κ1) is 41.7. The second-order valence-electron chi connectivity index (χ2n) is 19.8. The van der Waals surface area contributed by atoms with E-state index < -0.39 is 0 Å². The van der Waals surface area contributed by atoms with Gasteiger partial charge in [0.25, 0.3) is 0 Å². The molecule has 0 spiro atoms. The van der Waals surface area contributed by atoms with Crippen molar-refractivity contribution in [3.63, 3.8) is 0 Å². The predicted molar refractivity (Wildman–Crippen MR) is 270 cm³/mol. The maximum atomic E-state index is 6.44. The van der Waals surface area contributed by atoms with E-state index in [1.807, 2.05) is 0 Å². The third-order valence-corrected chi connectivity index (χ3v) is 14.8. The normalized spacial score (nSPS) is 17.6. The summed E-state index contributed by atoms with van der Waals surface area (Å²) in [7, 11) is 0. The van der Waals surface area contributed by atoms with Gasteiger partial charge in [-0.3, -0.25) is 0 Å². The van der Waals surface area contributed by atoms with Gasteiger partial charge in [-0.05, 0) is 149 Å². The number of rotatable bonds is 12. The highest BCUT2D eigenvalue weighted by Gasteiger charge is 2.33. The Morgan fingerprint density at radius 3 is 1.25 bits per heavy atom. The first-order valence-corrected chi connectivity index (χ1v) is 24.3. The molecule has 5 heteroatoms. The van der Waals surface area contributed by atoms with Crippen LogP contribution in [0.25, 0.3) is 64.6 Å². The fourth-order valence-corrected chi connectivity index (χ4v) is 11.4. The minimum Gasteiger partial charge on any atom is -0.353 e. The molecule has 2 fully saturated rings. The molecule has 2 heterocycles. The molecule has 64 heavy (non-hydrogen) atoms. The molecule has 2 atom stereocenters. The zero-order valence-corrected chi connectivity index (χ0v) is 38.6. The molecule has 0 amide bonds. The van der Waals surface area contributed by atoms with E-state index >= 15 is 0 Å². The van der Waals surface area contributed by atoms with Crippen LogP contribution in [0, 0.1) is 0 Å². The molecule has 2 saturated heterocycles. The Bertz CT molecular complexity index is 2930. The highest BCUT2D eigenvalue weighted by atomic mass is 16.7. The number of hydrogen-bond acceptors (Lipinski definition) is 4. The summed E-state index contributed by atoms with van der Waals surface area (Å²) in [5.74, 6) is 1.09. The van der Waals surface area contributed by atoms with Crippen molar-refractivity contribution >= 4 is 87.7 Å². The van der Waals surface area contributed by atoms with Gasteiger partial charge in [0, 0.05) is 13.2 Å². The van der Waals surface area contributed by atoms with Gasteiger partial charge in [0.1, 0.15) is 0 Å². The van der Waals surface area contributed by atoms with Crippen LogP contribution in [0.4, 0.5) is 0 Å². The van der Waals surface area contributed by atoms with Gasteiger partial charge in [-0.2, -0.15) is 0 Å². The minimum atomic E-state index is -0.131. The lowest BCUT2D eigenvalue weighted by molar-refractivity contribution is -0.168. The molecule has 11 rings (SSSR count). The Morgan fingerprint density at radius 2 is 0.859 bits per heavy atom. The molecule has 0 radical (unpaired) electrons. The van der Waals surface area contributed by atoms with Crippen LogP contribution < -0.4 is 16.4 Å². The third-order valence-electron chi connectivity index (χ3n) is 14.8. The van der Waals surface area contributed by atoms with Gasteiger partial charge in [0.2, 0.25) is 6.71 Å². The summed E-state index contributed by atoms with van der Waals surface area (Å²) >= 11 is 0. The van der Waals surface area contributed by atoms with Crippen LogP contribution in [0.2, 0.25) is 0 Å². The molecule has 2 aliphatic rings. The number of benzene rings is 9. The number of ether oxygens (including phenoxy) is 4. The Balaban J connectivity index is 1.16. The zero-order chi connectivity index (χ0) is 43.6. The maximum Gasteiger partial charge on any atom is 0.243 e. The Hall–Kier alpha value is -5.04. The second-order valence-corrected chi connectivity index (χ2v) is 19.8. The summed E-state index contributed by atoms with van der Waals surface area (Å²) in [6.07, 6.45) is 6.19. The molecule has 0 saturated carbocycles. The molecule has 324 valence electrons. The van der Waals surface area contributed by atoms with Crippen molar-refractivity contribution in [3.8, 4) is 0 Å². The van der Waals surface area contributed by atoms with Gasteiger partial charge < -0.3 is 18.9 Å². The molecular formula is C59H61BO4. The van der Waals surface area contributed by atoms with Crippen LogP contribution >= 0.6 is 0 Å². The van der Waals surface area contributed by atoms with Gasteiger partial charge in [0.05, 0.1) is 13.2 Å². The predicted octanol–water partition coefficient (Wildman–Crippen LogP) is 13.5. The Labute approximate surface area is 379 Å². The van der Waals surface area contributed by atoms with Gasteiger partial charge >= 0.3 is 0 Å². The van der Waals surface area contributed by atoms with E-state index in [4.69, 9.17) is 18.9 Å². The average molecular weight is 845 g/mol. The molecule has 9 aromatic rings. The van der Waals surface area contributed by atoms with E-state index in [0.29, 0.717) is 31.0 Å². The topological polar surface area (TPSA) is 36.9 Å². The van der Waals surface area contributed by atoms with E-state index in [2.05, 4.69) is 151 Å². The van der Waals surface area contributed by atoms with E-state index in [0.717, 1.165) is 51.7 Å². The molecule has 0 bridgehead atoms. The summed E-state index contributed by atoms with van der Waals surface area (Å²) in [6, 6.07) is 42.8. The van der Waals surface area contributed by atoms with Crippen LogP contribution in [0.5, 0.6) is 0 Å². The molecule has 0 aromatic heterocycles. The highest BCUT2D eigenvalue weighted by molar-refractivity contribution is 6.99. The molecule has 9 aromatic carbocycles. The summed E-state index contributed by atoms with van der Waals surface area (Å²) in [4.78, 5) is 0. The first-order chi connectivity index (χ1) is 31.2. The lowest BCUT2D eigenvalue weighted by Crippen LogP contribution is -2.55. The lowest BCUT2D eigenvalue weighted by atomic mass is 9.33. The largest absolute Gasteiger partial charge is 0.353 e. The van der Waals surface area contributed by atoms with Crippen molar-refractivity contribution in [1.82, 2.24) is 0 Å². The summed E-state index contributed by atoms with van der Waals surface area (Å²) in [5, 5.41) is 15.6. The molecule has 0 aliphatic carbocycles. The van der Waals surface area contributed by atoms with Gasteiger partial charge in [-0.15, -0.1) is 0 Å². The van der Waals surface area contributed by atoms with Crippen molar-refractivity contribution in [3.05, 3.63) is 137 Å². The van der Waals surface area contributed by atoms with Crippen molar-refractivity contribution in [2.75, 3.05) is 13.2 Å². The molecule has 0 N–H and O–H groups in total. The zero-order valence-electron chi connectivity index (χ0n) is 38.6. The standard InChI is InChI=1S/C59H61BO4/c1-35(2)44-31-49(36(3)4)59(50(32-44)37(5)6)60(51-27-21-40-17-23-45-42(33-63-53-11-7-9-29-61-53)15-13-38-19-25-47(51)57(40)55(38)45)52-28-22-41-18-24-46-43(34-64-54-12-8-10-30-62-54)16-14-39-20-26-48(52)58(41)56(39)46/h13-28,31-32,35-37,53-54H,7-12,29-30,33-34H2,1-6H3. The van der Waals surface area contributed by atoms with Gasteiger partial charge in [-0.1, -0.05) is 167 Å². The maximum absolute atomic E-state index is 6.44. The van der Waals surface area contributed by atoms with Gasteiger partial charge in [0.15, 0.2) is 12.6 Å². The van der Waals surface area contributed by atoms with E-state index in [9.17, 15) is 0 Å². The molecule has 4 nitrogen and oxygen atoms in total. The Kier molecular flexibility index (Phi) is 11.1. The lowest BCUT2D eigenvalue weighted by Gasteiger charge is -2.30. The Morgan fingerprint density at radius 1 is 0.469 bits per heavy atom. The number of hydrogen-bond donors (Lipinski definition) is 0. The monoisotopic (exact) mass is 844 g/mol. The van der Waals surface area contributed by atoms with Crippen molar-refractivity contribution in [2.45, 2.75) is 124 Å². The van der Waals surface area contributed by atoms with Crippen molar-refractivity contribution < 1.29 is 18.9 Å². The van der Waals surface area contributed by atoms with E-state index in [1.54, 1.807) is 0 Å².